The maximum Gasteiger partial charge on any atom is 0.338 e. The summed E-state index contributed by atoms with van der Waals surface area (Å²) in [4.78, 5) is 22.1. The predicted molar refractivity (Wildman–Crippen MR) is 118 cm³/mol. The van der Waals surface area contributed by atoms with Gasteiger partial charge in [0.1, 0.15) is 11.6 Å². The molecule has 0 radical (unpaired) electrons. The maximum atomic E-state index is 12.3. The van der Waals surface area contributed by atoms with E-state index in [9.17, 15) is 4.79 Å². The van der Waals surface area contributed by atoms with Crippen LogP contribution in [0, 0.1) is 12.8 Å². The number of aromatic nitrogens is 6. The lowest BCUT2D eigenvalue weighted by atomic mass is 9.78. The van der Waals surface area contributed by atoms with Crippen molar-refractivity contribution in [2.75, 3.05) is 19.5 Å². The highest BCUT2D eigenvalue weighted by molar-refractivity contribution is 5.88. The van der Waals surface area contributed by atoms with Gasteiger partial charge < -0.3 is 14.8 Å². The number of esters is 1. The number of aromatic amines is 1. The molecule has 2 aliphatic carbocycles. The molecule has 3 aromatic rings. The number of nitrogens with one attached hydrogen (secondary N) is 2. The third-order valence-corrected chi connectivity index (χ3v) is 6.70. The van der Waals surface area contributed by atoms with E-state index in [4.69, 9.17) is 19.4 Å². The molecule has 170 valence electrons. The molecule has 2 aliphatic rings. The van der Waals surface area contributed by atoms with E-state index < -0.39 is 5.60 Å². The van der Waals surface area contributed by atoms with Gasteiger partial charge in [-0.15, -0.1) is 0 Å². The maximum absolute atomic E-state index is 12.3. The Morgan fingerprint density at radius 3 is 2.66 bits per heavy atom. The van der Waals surface area contributed by atoms with E-state index in [-0.39, 0.29) is 11.9 Å². The molecule has 32 heavy (non-hydrogen) atoms. The first-order valence-electron chi connectivity index (χ1n) is 11.2. The highest BCUT2D eigenvalue weighted by Gasteiger charge is 2.44. The second-order valence-corrected chi connectivity index (χ2v) is 8.96. The van der Waals surface area contributed by atoms with Crippen LogP contribution in [0.4, 0.5) is 11.6 Å². The Kier molecular flexibility index (Phi) is 5.32. The lowest BCUT2D eigenvalue weighted by Crippen LogP contribution is -2.44. The van der Waals surface area contributed by atoms with Crippen molar-refractivity contribution in [3.05, 3.63) is 23.8 Å². The lowest BCUT2D eigenvalue weighted by Gasteiger charge is -2.36. The van der Waals surface area contributed by atoms with Crippen molar-refractivity contribution in [3.63, 3.8) is 0 Å². The van der Waals surface area contributed by atoms with Gasteiger partial charge in [0.25, 0.3) is 0 Å². The van der Waals surface area contributed by atoms with Crippen LogP contribution >= 0.6 is 0 Å². The summed E-state index contributed by atoms with van der Waals surface area (Å²) in [6.07, 6.45) is 6.95. The van der Waals surface area contributed by atoms with Crippen LogP contribution in [-0.2, 0) is 20.8 Å². The molecule has 2 N–H and O–H groups in total. The van der Waals surface area contributed by atoms with Crippen LogP contribution in [0.1, 0.15) is 56.0 Å². The van der Waals surface area contributed by atoms with Crippen molar-refractivity contribution >= 4 is 28.6 Å². The second kappa shape index (κ2) is 8.16. The van der Waals surface area contributed by atoms with E-state index in [2.05, 4.69) is 20.6 Å². The SMILES string of the molecule is COC(=O)C1(OC)CCC(c2nc(Nc3cc(C)[nH]n3)c3cnn(CC4CC4)c3n2)CC1. The predicted octanol–water partition coefficient (Wildman–Crippen LogP) is 3.23. The van der Waals surface area contributed by atoms with Crippen LogP contribution in [0.25, 0.3) is 11.0 Å². The molecular weight excluding hydrogens is 410 g/mol. The number of rotatable bonds is 7. The largest absolute Gasteiger partial charge is 0.467 e. The van der Waals surface area contributed by atoms with Crippen molar-refractivity contribution in [1.29, 1.82) is 0 Å². The van der Waals surface area contributed by atoms with Crippen LogP contribution in [0.5, 0.6) is 0 Å². The fourth-order valence-corrected chi connectivity index (χ4v) is 4.55. The Labute approximate surface area is 186 Å². The summed E-state index contributed by atoms with van der Waals surface area (Å²) < 4.78 is 12.6. The van der Waals surface area contributed by atoms with Gasteiger partial charge in [-0.25, -0.2) is 19.4 Å². The normalized spacial score (nSPS) is 23.4. The number of hydrogen-bond donors (Lipinski definition) is 2. The van der Waals surface area contributed by atoms with E-state index in [0.717, 1.165) is 41.9 Å². The van der Waals surface area contributed by atoms with Crippen molar-refractivity contribution in [3.8, 4) is 0 Å². The summed E-state index contributed by atoms with van der Waals surface area (Å²) >= 11 is 0. The van der Waals surface area contributed by atoms with Crippen molar-refractivity contribution in [1.82, 2.24) is 29.9 Å². The molecule has 2 fully saturated rings. The van der Waals surface area contributed by atoms with E-state index in [0.29, 0.717) is 30.4 Å². The average Bonchev–Trinajstić information content (AvgIpc) is 3.40. The minimum atomic E-state index is -0.878. The summed E-state index contributed by atoms with van der Waals surface area (Å²) in [7, 11) is 2.98. The van der Waals surface area contributed by atoms with Crippen molar-refractivity contribution in [2.24, 2.45) is 5.92 Å². The molecule has 2 saturated carbocycles. The molecule has 3 aromatic heterocycles. The van der Waals surface area contributed by atoms with Gasteiger partial charge >= 0.3 is 5.97 Å². The summed E-state index contributed by atoms with van der Waals surface area (Å²) in [5.41, 5.74) is 0.929. The average molecular weight is 440 g/mol. The van der Waals surface area contributed by atoms with Gasteiger partial charge in [0.05, 0.1) is 18.7 Å². The van der Waals surface area contributed by atoms with Gasteiger partial charge in [0.2, 0.25) is 0 Å². The quantitative estimate of drug-likeness (QED) is 0.539. The Morgan fingerprint density at radius 2 is 2.03 bits per heavy atom. The van der Waals surface area contributed by atoms with Crippen molar-refractivity contribution in [2.45, 2.75) is 63.5 Å². The molecular formula is C22H29N7O3. The van der Waals surface area contributed by atoms with Gasteiger partial charge in [-0.2, -0.15) is 10.2 Å². The molecule has 3 heterocycles. The fraction of sp³-hybridized carbons (Fsp3) is 0.591. The molecule has 0 bridgehead atoms. The van der Waals surface area contributed by atoms with Gasteiger partial charge in [-0.1, -0.05) is 0 Å². The summed E-state index contributed by atoms with van der Waals surface area (Å²) in [6, 6.07) is 1.94. The number of H-pyrrole nitrogens is 1. The van der Waals surface area contributed by atoms with Crippen LogP contribution in [0.3, 0.4) is 0 Å². The molecule has 0 unspecified atom stereocenters. The number of methoxy groups -OCH3 is 2. The van der Waals surface area contributed by atoms with Gasteiger partial charge in [0, 0.05) is 31.3 Å². The third kappa shape index (κ3) is 3.83. The molecule has 5 rings (SSSR count). The first-order valence-corrected chi connectivity index (χ1v) is 11.2. The number of fused-ring (bicyclic) bond motifs is 1. The number of nitrogens with zero attached hydrogens (tertiary/aromatic N) is 5. The molecule has 0 amide bonds. The number of aryl methyl sites for hydroxylation is 1. The zero-order valence-corrected chi connectivity index (χ0v) is 18.7. The van der Waals surface area contributed by atoms with Gasteiger partial charge in [0.15, 0.2) is 17.1 Å². The topological polar surface area (TPSA) is 120 Å². The fourth-order valence-electron chi connectivity index (χ4n) is 4.55. The lowest BCUT2D eigenvalue weighted by molar-refractivity contribution is -0.170. The summed E-state index contributed by atoms with van der Waals surface area (Å²) in [5, 5.41) is 16.1. The van der Waals surface area contributed by atoms with Crippen molar-refractivity contribution < 1.29 is 14.3 Å². The first-order chi connectivity index (χ1) is 15.5. The molecule has 0 spiro atoms. The zero-order chi connectivity index (χ0) is 22.3. The number of anilines is 2. The molecule has 10 nitrogen and oxygen atoms in total. The Morgan fingerprint density at radius 1 is 1.25 bits per heavy atom. The minimum absolute atomic E-state index is 0.123. The molecule has 0 atom stereocenters. The van der Waals surface area contributed by atoms with Crippen LogP contribution in [0.2, 0.25) is 0 Å². The monoisotopic (exact) mass is 439 g/mol. The van der Waals surface area contributed by atoms with Crippen LogP contribution in [-0.4, -0.2) is 55.7 Å². The highest BCUT2D eigenvalue weighted by atomic mass is 16.6. The Bertz CT molecular complexity index is 1130. The smallest absolute Gasteiger partial charge is 0.338 e. The number of ether oxygens (including phenoxy) is 2. The molecule has 0 aliphatic heterocycles. The standard InChI is InChI=1S/C22H29N7O3/c1-13-10-17(28-27-13)24-19-16-11-23-29(12-14-4-5-14)20(16)26-18(25-19)15-6-8-22(32-3,9-7-15)21(30)31-2/h10-11,14-15H,4-9,12H2,1-3H3,(H2,24,25,26,27,28). The van der Waals surface area contributed by atoms with E-state index in [1.54, 1.807) is 7.11 Å². The number of carbonyl (C=O) groups excluding carboxylic acids is 1. The number of carbonyl (C=O) groups is 1. The Hall–Kier alpha value is -3.01. The van der Waals surface area contributed by atoms with Gasteiger partial charge in [-0.05, 0) is 51.4 Å². The van der Waals surface area contributed by atoms with Crippen LogP contribution in [0.15, 0.2) is 12.3 Å². The molecule has 0 saturated heterocycles. The van der Waals surface area contributed by atoms with E-state index >= 15 is 0 Å². The Balaban J connectivity index is 1.47. The highest BCUT2D eigenvalue weighted by Crippen LogP contribution is 2.40. The third-order valence-electron chi connectivity index (χ3n) is 6.70. The van der Waals surface area contributed by atoms with E-state index in [1.165, 1.54) is 20.0 Å². The first kappa shape index (κ1) is 20.9. The minimum Gasteiger partial charge on any atom is -0.467 e. The molecule has 10 heteroatoms. The van der Waals surface area contributed by atoms with Crippen LogP contribution < -0.4 is 5.32 Å². The van der Waals surface area contributed by atoms with Gasteiger partial charge in [-0.3, -0.25) is 5.10 Å². The summed E-state index contributed by atoms with van der Waals surface area (Å²) in [5.74, 6) is 2.66. The summed E-state index contributed by atoms with van der Waals surface area (Å²) in [6.45, 7) is 2.83. The second-order valence-electron chi connectivity index (χ2n) is 8.96. The van der Waals surface area contributed by atoms with E-state index in [1.807, 2.05) is 23.9 Å². The number of hydrogen-bond acceptors (Lipinski definition) is 8. The zero-order valence-electron chi connectivity index (χ0n) is 18.7. The molecule has 0 aromatic carbocycles.